The van der Waals surface area contributed by atoms with Crippen LogP contribution in [0.15, 0.2) is 48.7 Å². The highest BCUT2D eigenvalue weighted by Crippen LogP contribution is 2.19. The summed E-state index contributed by atoms with van der Waals surface area (Å²) in [5.74, 6) is 0.304. The molecule has 1 unspecified atom stereocenters. The van der Waals surface area contributed by atoms with Crippen molar-refractivity contribution in [3.63, 3.8) is 0 Å². The number of esters is 1. The Hall–Kier alpha value is -2.36. The Morgan fingerprint density at radius 1 is 1.21 bits per heavy atom. The van der Waals surface area contributed by atoms with Crippen LogP contribution in [-0.4, -0.2) is 18.1 Å². The molecule has 0 bridgehead atoms. The third-order valence-electron chi connectivity index (χ3n) is 2.77. The third kappa shape index (κ3) is 3.31. The first-order valence-corrected chi connectivity index (χ1v) is 6.02. The van der Waals surface area contributed by atoms with E-state index in [0.29, 0.717) is 5.82 Å². The second kappa shape index (κ2) is 6.00. The molecule has 1 aromatic heterocycles. The fraction of sp³-hybridized carbons (Fsp3) is 0.200. The van der Waals surface area contributed by atoms with Gasteiger partial charge in [-0.25, -0.2) is 9.78 Å². The van der Waals surface area contributed by atoms with E-state index in [4.69, 9.17) is 4.74 Å². The van der Waals surface area contributed by atoms with Gasteiger partial charge in [-0.3, -0.25) is 0 Å². The van der Waals surface area contributed by atoms with E-state index in [9.17, 15) is 4.79 Å². The molecule has 0 fully saturated rings. The zero-order valence-electron chi connectivity index (χ0n) is 11.0. The van der Waals surface area contributed by atoms with Gasteiger partial charge >= 0.3 is 5.97 Å². The fourth-order valence-electron chi connectivity index (χ4n) is 1.74. The molecular weight excluding hydrogens is 240 g/mol. The van der Waals surface area contributed by atoms with Crippen molar-refractivity contribution in [3.05, 3.63) is 59.8 Å². The Bertz CT molecular complexity index is 538. The number of hydrogen-bond donors (Lipinski definition) is 1. The maximum Gasteiger partial charge on any atom is 0.333 e. The molecule has 1 N–H and O–H groups in total. The van der Waals surface area contributed by atoms with Crippen molar-refractivity contribution >= 4 is 11.8 Å². The number of carbonyl (C=O) groups is 1. The Kier molecular flexibility index (Phi) is 4.13. The van der Waals surface area contributed by atoms with Gasteiger partial charge in [0.25, 0.3) is 0 Å². The summed E-state index contributed by atoms with van der Waals surface area (Å²) in [4.78, 5) is 16.1. The maximum absolute atomic E-state index is 11.9. The molecule has 4 heteroatoms. The van der Waals surface area contributed by atoms with Crippen LogP contribution < -0.4 is 5.32 Å². The van der Waals surface area contributed by atoms with Crippen molar-refractivity contribution < 1.29 is 9.53 Å². The number of nitrogens with one attached hydrogen (secondary N) is 1. The first-order valence-electron chi connectivity index (χ1n) is 6.02. The van der Waals surface area contributed by atoms with Gasteiger partial charge in [0.1, 0.15) is 5.82 Å². The molecule has 0 aliphatic carbocycles. The standard InChI is InChI=1S/C15H16N2O2/c1-11-8-9-13(16-10-11)17-14(15(18)19-2)12-6-4-3-5-7-12/h3-10,14H,1-2H3,(H,16,17). The Balaban J connectivity index is 2.24. The lowest BCUT2D eigenvalue weighted by atomic mass is 10.1. The first-order chi connectivity index (χ1) is 9.20. The van der Waals surface area contributed by atoms with E-state index in [1.165, 1.54) is 7.11 Å². The summed E-state index contributed by atoms with van der Waals surface area (Å²) in [5, 5.41) is 3.09. The Labute approximate surface area is 112 Å². The first kappa shape index (κ1) is 13.1. The summed E-state index contributed by atoms with van der Waals surface area (Å²) in [6, 6.07) is 12.7. The summed E-state index contributed by atoms with van der Waals surface area (Å²) in [6.45, 7) is 1.96. The summed E-state index contributed by atoms with van der Waals surface area (Å²) in [5.41, 5.74) is 1.91. The summed E-state index contributed by atoms with van der Waals surface area (Å²) in [6.07, 6.45) is 1.75. The highest BCUT2D eigenvalue weighted by atomic mass is 16.5. The van der Waals surface area contributed by atoms with Gasteiger partial charge in [-0.1, -0.05) is 36.4 Å². The van der Waals surface area contributed by atoms with E-state index >= 15 is 0 Å². The predicted octanol–water partition coefficient (Wildman–Crippen LogP) is 2.72. The zero-order chi connectivity index (χ0) is 13.7. The largest absolute Gasteiger partial charge is 0.467 e. The molecule has 4 nitrogen and oxygen atoms in total. The van der Waals surface area contributed by atoms with Gasteiger partial charge in [-0.05, 0) is 24.1 Å². The quantitative estimate of drug-likeness (QED) is 0.854. The Morgan fingerprint density at radius 3 is 2.53 bits per heavy atom. The predicted molar refractivity (Wildman–Crippen MR) is 73.8 cm³/mol. The number of methoxy groups -OCH3 is 1. The van der Waals surface area contributed by atoms with Crippen molar-refractivity contribution in [2.45, 2.75) is 13.0 Å². The van der Waals surface area contributed by atoms with Crippen molar-refractivity contribution in [1.82, 2.24) is 4.98 Å². The number of aryl methyl sites for hydroxylation is 1. The molecule has 19 heavy (non-hydrogen) atoms. The van der Waals surface area contributed by atoms with Crippen LogP contribution in [0.3, 0.4) is 0 Å². The molecule has 0 aliphatic rings. The van der Waals surface area contributed by atoms with Gasteiger partial charge in [0.15, 0.2) is 6.04 Å². The number of anilines is 1. The number of ether oxygens (including phenoxy) is 1. The van der Waals surface area contributed by atoms with Gasteiger partial charge < -0.3 is 10.1 Å². The number of nitrogens with zero attached hydrogens (tertiary/aromatic N) is 1. The number of hydrogen-bond acceptors (Lipinski definition) is 4. The number of pyridine rings is 1. The lowest BCUT2D eigenvalue weighted by Crippen LogP contribution is -2.22. The molecule has 0 saturated carbocycles. The van der Waals surface area contributed by atoms with Crippen LogP contribution in [0.5, 0.6) is 0 Å². The SMILES string of the molecule is COC(=O)C(Nc1ccc(C)cn1)c1ccccc1. The van der Waals surface area contributed by atoms with E-state index in [2.05, 4.69) is 10.3 Å². The number of aromatic nitrogens is 1. The van der Waals surface area contributed by atoms with E-state index < -0.39 is 6.04 Å². The van der Waals surface area contributed by atoms with Crippen LogP contribution in [0, 0.1) is 6.92 Å². The molecule has 1 aromatic carbocycles. The fourth-order valence-corrected chi connectivity index (χ4v) is 1.74. The van der Waals surface area contributed by atoms with E-state index in [-0.39, 0.29) is 5.97 Å². The highest BCUT2D eigenvalue weighted by molar-refractivity contribution is 5.80. The van der Waals surface area contributed by atoms with Crippen LogP contribution in [0.25, 0.3) is 0 Å². The van der Waals surface area contributed by atoms with Gasteiger partial charge in [0.05, 0.1) is 7.11 Å². The Morgan fingerprint density at radius 2 is 1.95 bits per heavy atom. The normalized spacial score (nSPS) is 11.7. The minimum absolute atomic E-state index is 0.339. The van der Waals surface area contributed by atoms with Crippen molar-refractivity contribution in [3.8, 4) is 0 Å². The van der Waals surface area contributed by atoms with Crippen molar-refractivity contribution in [2.75, 3.05) is 12.4 Å². The van der Waals surface area contributed by atoms with E-state index in [1.54, 1.807) is 6.20 Å². The van der Waals surface area contributed by atoms with Crippen LogP contribution in [0.1, 0.15) is 17.2 Å². The average molecular weight is 256 g/mol. The van der Waals surface area contributed by atoms with Gasteiger partial charge in [0.2, 0.25) is 0 Å². The lowest BCUT2D eigenvalue weighted by Gasteiger charge is -2.17. The molecule has 1 atom stereocenters. The smallest absolute Gasteiger partial charge is 0.333 e. The average Bonchev–Trinajstić information content (AvgIpc) is 2.47. The number of carbonyl (C=O) groups excluding carboxylic acids is 1. The summed E-state index contributed by atoms with van der Waals surface area (Å²) >= 11 is 0. The van der Waals surface area contributed by atoms with E-state index in [0.717, 1.165) is 11.1 Å². The minimum atomic E-state index is -0.554. The van der Waals surface area contributed by atoms with Crippen molar-refractivity contribution in [2.24, 2.45) is 0 Å². The molecule has 0 radical (unpaired) electrons. The second-order valence-corrected chi connectivity index (χ2v) is 4.23. The molecule has 0 spiro atoms. The van der Waals surface area contributed by atoms with Gasteiger partial charge in [-0.2, -0.15) is 0 Å². The van der Waals surface area contributed by atoms with E-state index in [1.807, 2.05) is 49.4 Å². The molecule has 2 aromatic rings. The van der Waals surface area contributed by atoms with Crippen LogP contribution >= 0.6 is 0 Å². The number of rotatable bonds is 4. The molecule has 1 heterocycles. The minimum Gasteiger partial charge on any atom is -0.467 e. The maximum atomic E-state index is 11.9. The third-order valence-corrected chi connectivity index (χ3v) is 2.77. The summed E-state index contributed by atoms with van der Waals surface area (Å²) in [7, 11) is 1.38. The van der Waals surface area contributed by atoms with Crippen LogP contribution in [0.4, 0.5) is 5.82 Å². The lowest BCUT2D eigenvalue weighted by molar-refractivity contribution is -0.141. The zero-order valence-corrected chi connectivity index (χ0v) is 11.0. The molecule has 0 saturated heterocycles. The van der Waals surface area contributed by atoms with Gasteiger partial charge in [0, 0.05) is 6.20 Å². The molecule has 0 aliphatic heterocycles. The van der Waals surface area contributed by atoms with Crippen molar-refractivity contribution in [1.29, 1.82) is 0 Å². The van der Waals surface area contributed by atoms with Gasteiger partial charge in [-0.15, -0.1) is 0 Å². The highest BCUT2D eigenvalue weighted by Gasteiger charge is 2.21. The topological polar surface area (TPSA) is 51.2 Å². The molecule has 0 amide bonds. The molecule has 2 rings (SSSR count). The second-order valence-electron chi connectivity index (χ2n) is 4.23. The van der Waals surface area contributed by atoms with Crippen LogP contribution in [-0.2, 0) is 9.53 Å². The molecule has 98 valence electrons. The molecular formula is C15H16N2O2. The number of benzene rings is 1. The van der Waals surface area contributed by atoms with Crippen LogP contribution in [0.2, 0.25) is 0 Å². The monoisotopic (exact) mass is 256 g/mol. The summed E-state index contributed by atoms with van der Waals surface area (Å²) < 4.78 is 4.83.